The molecule has 1 atom stereocenters. The van der Waals surface area contributed by atoms with Crippen molar-refractivity contribution in [3.8, 4) is 0 Å². The predicted octanol–water partition coefficient (Wildman–Crippen LogP) is 1.43. The third-order valence-corrected chi connectivity index (χ3v) is 3.69. The van der Waals surface area contributed by atoms with Crippen LogP contribution in [0.1, 0.15) is 31.9 Å². The van der Waals surface area contributed by atoms with Crippen molar-refractivity contribution in [2.75, 3.05) is 6.54 Å². The summed E-state index contributed by atoms with van der Waals surface area (Å²) in [6.07, 6.45) is 0.172. The lowest BCUT2D eigenvalue weighted by Crippen LogP contribution is -2.24. The van der Waals surface area contributed by atoms with E-state index in [1.165, 1.54) is 12.1 Å². The van der Waals surface area contributed by atoms with Crippen LogP contribution >= 0.6 is 0 Å². The SMILES string of the molecule is CCCNS(=O)(=O)c1ccc(C(C)O)cc1. The number of benzene rings is 1. The van der Waals surface area contributed by atoms with E-state index in [2.05, 4.69) is 4.72 Å². The van der Waals surface area contributed by atoms with Crippen LogP contribution in [0, 0.1) is 0 Å². The molecule has 1 unspecified atom stereocenters. The van der Waals surface area contributed by atoms with E-state index in [-0.39, 0.29) is 4.90 Å². The Morgan fingerprint density at radius 3 is 2.31 bits per heavy atom. The predicted molar refractivity (Wildman–Crippen MR) is 62.6 cm³/mol. The van der Waals surface area contributed by atoms with Gasteiger partial charge in [0.1, 0.15) is 0 Å². The summed E-state index contributed by atoms with van der Waals surface area (Å²) >= 11 is 0. The summed E-state index contributed by atoms with van der Waals surface area (Å²) in [6, 6.07) is 6.23. The molecule has 0 aromatic heterocycles. The van der Waals surface area contributed by atoms with Gasteiger partial charge in [-0.15, -0.1) is 0 Å². The van der Waals surface area contributed by atoms with E-state index >= 15 is 0 Å². The maximum atomic E-state index is 11.7. The zero-order valence-electron chi connectivity index (χ0n) is 9.47. The lowest BCUT2D eigenvalue weighted by molar-refractivity contribution is 0.199. The van der Waals surface area contributed by atoms with Gasteiger partial charge in [0, 0.05) is 6.54 Å². The molecule has 0 aliphatic carbocycles. The summed E-state index contributed by atoms with van der Waals surface area (Å²) < 4.78 is 25.9. The molecule has 2 N–H and O–H groups in total. The summed E-state index contributed by atoms with van der Waals surface area (Å²) in [5.41, 5.74) is 0.703. The van der Waals surface area contributed by atoms with E-state index in [4.69, 9.17) is 0 Å². The van der Waals surface area contributed by atoms with Crippen molar-refractivity contribution in [3.05, 3.63) is 29.8 Å². The minimum atomic E-state index is -3.40. The molecule has 0 fully saturated rings. The molecule has 0 heterocycles. The van der Waals surface area contributed by atoms with Crippen molar-refractivity contribution < 1.29 is 13.5 Å². The molecule has 0 spiro atoms. The van der Waals surface area contributed by atoms with Crippen molar-refractivity contribution in [1.29, 1.82) is 0 Å². The number of sulfonamides is 1. The van der Waals surface area contributed by atoms with Crippen molar-refractivity contribution >= 4 is 10.0 Å². The first-order chi connectivity index (χ1) is 7.47. The molecule has 1 aromatic carbocycles. The summed E-state index contributed by atoms with van der Waals surface area (Å²) in [5, 5.41) is 9.29. The highest BCUT2D eigenvalue weighted by Gasteiger charge is 2.12. The van der Waals surface area contributed by atoms with Crippen LogP contribution in [-0.2, 0) is 10.0 Å². The van der Waals surface area contributed by atoms with Crippen LogP contribution in [0.3, 0.4) is 0 Å². The fourth-order valence-electron chi connectivity index (χ4n) is 1.25. The first-order valence-corrected chi connectivity index (χ1v) is 6.73. The van der Waals surface area contributed by atoms with Crippen molar-refractivity contribution in [2.45, 2.75) is 31.3 Å². The van der Waals surface area contributed by atoms with Crippen molar-refractivity contribution in [3.63, 3.8) is 0 Å². The van der Waals surface area contributed by atoms with Gasteiger partial charge in [0.25, 0.3) is 0 Å². The van der Waals surface area contributed by atoms with Gasteiger partial charge in [-0.3, -0.25) is 0 Å². The molecule has 0 radical (unpaired) electrons. The van der Waals surface area contributed by atoms with Crippen molar-refractivity contribution in [1.82, 2.24) is 4.72 Å². The minimum absolute atomic E-state index is 0.227. The lowest BCUT2D eigenvalue weighted by Gasteiger charge is -2.08. The maximum Gasteiger partial charge on any atom is 0.240 e. The Morgan fingerprint density at radius 2 is 1.88 bits per heavy atom. The Hall–Kier alpha value is -0.910. The van der Waals surface area contributed by atoms with Gasteiger partial charge in [0.05, 0.1) is 11.0 Å². The molecular weight excluding hydrogens is 226 g/mol. The lowest BCUT2D eigenvalue weighted by atomic mass is 10.1. The van der Waals surface area contributed by atoms with Crippen LogP contribution < -0.4 is 4.72 Å². The largest absolute Gasteiger partial charge is 0.389 e. The number of aliphatic hydroxyl groups is 1. The third-order valence-electron chi connectivity index (χ3n) is 2.21. The van der Waals surface area contributed by atoms with Gasteiger partial charge in [-0.1, -0.05) is 19.1 Å². The van der Waals surface area contributed by atoms with Crippen LogP contribution in [0.25, 0.3) is 0 Å². The van der Waals surface area contributed by atoms with Crippen LogP contribution in [0.15, 0.2) is 29.2 Å². The standard InChI is InChI=1S/C11H17NO3S/c1-3-8-12-16(14,15)11-6-4-10(5-7-11)9(2)13/h4-7,9,12-13H,3,8H2,1-2H3. The quantitative estimate of drug-likeness (QED) is 0.822. The van der Waals surface area contributed by atoms with E-state index in [1.54, 1.807) is 19.1 Å². The van der Waals surface area contributed by atoms with Gasteiger partial charge in [-0.2, -0.15) is 0 Å². The Kier molecular flexibility index (Phi) is 4.46. The molecule has 1 aromatic rings. The average molecular weight is 243 g/mol. The molecule has 1 rings (SSSR count). The second-order valence-corrected chi connectivity index (χ2v) is 5.41. The smallest absolute Gasteiger partial charge is 0.240 e. The number of nitrogens with one attached hydrogen (secondary N) is 1. The molecule has 5 heteroatoms. The van der Waals surface area contributed by atoms with Crippen molar-refractivity contribution in [2.24, 2.45) is 0 Å². The highest BCUT2D eigenvalue weighted by atomic mass is 32.2. The second kappa shape index (κ2) is 5.43. The normalized spacial score (nSPS) is 13.7. The Morgan fingerprint density at radius 1 is 1.31 bits per heavy atom. The number of hydrogen-bond acceptors (Lipinski definition) is 3. The third kappa shape index (κ3) is 3.30. The molecular formula is C11H17NO3S. The van der Waals surface area contributed by atoms with Gasteiger partial charge in [0.15, 0.2) is 0 Å². The Balaban J connectivity index is 2.89. The molecule has 0 amide bonds. The minimum Gasteiger partial charge on any atom is -0.389 e. The Bertz CT molecular complexity index is 423. The van der Waals surface area contributed by atoms with Crippen LogP contribution in [0.4, 0.5) is 0 Å². The summed E-state index contributed by atoms with van der Waals surface area (Å²) in [4.78, 5) is 0.227. The maximum absolute atomic E-state index is 11.7. The molecule has 0 saturated carbocycles. The molecule has 0 bridgehead atoms. The van der Waals surface area contributed by atoms with Crippen LogP contribution in [0.5, 0.6) is 0 Å². The summed E-state index contributed by atoms with van der Waals surface area (Å²) in [7, 11) is -3.40. The van der Waals surface area contributed by atoms with Gasteiger partial charge in [-0.25, -0.2) is 13.1 Å². The van der Waals surface area contributed by atoms with Gasteiger partial charge < -0.3 is 5.11 Å². The van der Waals surface area contributed by atoms with Gasteiger partial charge in [-0.05, 0) is 31.0 Å². The van der Waals surface area contributed by atoms with E-state index in [9.17, 15) is 13.5 Å². The monoisotopic (exact) mass is 243 g/mol. The summed E-state index contributed by atoms with van der Waals surface area (Å²) in [6.45, 7) is 3.97. The first-order valence-electron chi connectivity index (χ1n) is 5.25. The van der Waals surface area contributed by atoms with Crippen LogP contribution in [0.2, 0.25) is 0 Å². The highest BCUT2D eigenvalue weighted by Crippen LogP contribution is 2.15. The molecule has 0 saturated heterocycles. The molecule has 0 aliphatic heterocycles. The fraction of sp³-hybridized carbons (Fsp3) is 0.455. The Labute approximate surface area is 96.4 Å². The topological polar surface area (TPSA) is 66.4 Å². The number of aliphatic hydroxyl groups excluding tert-OH is 1. The number of rotatable bonds is 5. The molecule has 90 valence electrons. The zero-order chi connectivity index (χ0) is 12.2. The summed E-state index contributed by atoms with van der Waals surface area (Å²) in [5.74, 6) is 0. The van der Waals surface area contributed by atoms with Crippen LogP contribution in [-0.4, -0.2) is 20.1 Å². The fourth-order valence-corrected chi connectivity index (χ4v) is 2.38. The molecule has 16 heavy (non-hydrogen) atoms. The van der Waals surface area contributed by atoms with E-state index in [1.807, 2.05) is 6.92 Å². The van der Waals surface area contributed by atoms with Gasteiger partial charge in [0.2, 0.25) is 10.0 Å². The number of hydrogen-bond donors (Lipinski definition) is 2. The highest BCUT2D eigenvalue weighted by molar-refractivity contribution is 7.89. The first kappa shape index (κ1) is 13.2. The zero-order valence-corrected chi connectivity index (χ0v) is 10.3. The van der Waals surface area contributed by atoms with E-state index in [0.29, 0.717) is 12.1 Å². The molecule has 4 nitrogen and oxygen atoms in total. The van der Waals surface area contributed by atoms with E-state index < -0.39 is 16.1 Å². The second-order valence-electron chi connectivity index (χ2n) is 3.64. The average Bonchev–Trinajstić information content (AvgIpc) is 2.26. The van der Waals surface area contributed by atoms with Gasteiger partial charge >= 0.3 is 0 Å². The molecule has 0 aliphatic rings. The van der Waals surface area contributed by atoms with E-state index in [0.717, 1.165) is 6.42 Å².